The molecule has 0 aliphatic heterocycles. The predicted octanol–water partition coefficient (Wildman–Crippen LogP) is 1.64. The molecule has 6 nitrogen and oxygen atoms in total. The van der Waals surface area contributed by atoms with E-state index in [1.165, 1.54) is 6.07 Å². The Balaban J connectivity index is 2.51. The molecule has 2 amide bonds. The van der Waals surface area contributed by atoms with Gasteiger partial charge >= 0.3 is 6.03 Å². The van der Waals surface area contributed by atoms with Gasteiger partial charge in [0.2, 0.25) is 5.95 Å². The molecule has 1 aromatic rings. The van der Waals surface area contributed by atoms with Gasteiger partial charge in [0.05, 0.1) is 0 Å². The van der Waals surface area contributed by atoms with E-state index in [-0.39, 0.29) is 17.5 Å². The quantitative estimate of drug-likeness (QED) is 0.744. The zero-order valence-electron chi connectivity index (χ0n) is 11.0. The van der Waals surface area contributed by atoms with Crippen LogP contribution in [-0.4, -0.2) is 22.5 Å². The lowest BCUT2D eigenvalue weighted by Gasteiger charge is -2.13. The fourth-order valence-corrected chi connectivity index (χ4v) is 1.60. The molecule has 6 heteroatoms. The maximum Gasteiger partial charge on any atom is 0.321 e. The van der Waals surface area contributed by atoms with Gasteiger partial charge < -0.3 is 5.32 Å². The van der Waals surface area contributed by atoms with Crippen molar-refractivity contribution in [2.45, 2.75) is 33.6 Å². The number of H-pyrrole nitrogens is 1. The first-order valence-electron chi connectivity index (χ1n) is 6.18. The summed E-state index contributed by atoms with van der Waals surface area (Å²) in [5.74, 6) is 0.641. The molecule has 0 aliphatic rings. The molecule has 0 bridgehead atoms. The van der Waals surface area contributed by atoms with E-state index in [0.717, 1.165) is 12.8 Å². The van der Waals surface area contributed by atoms with E-state index in [1.54, 1.807) is 6.92 Å². The number of amides is 2. The number of aryl methyl sites for hydroxylation is 1. The molecular weight excluding hydrogens is 232 g/mol. The number of hydrogen-bond acceptors (Lipinski definition) is 3. The standard InChI is InChI=1S/C12H20N4O2/c1-4-9(5-2)7-13-12(18)16-11-14-8(3)6-10(17)15-11/h6,9H,4-5,7H2,1-3H3,(H3,13,14,15,16,17,18). The Hall–Kier alpha value is -1.85. The lowest BCUT2D eigenvalue weighted by Crippen LogP contribution is -2.33. The van der Waals surface area contributed by atoms with Gasteiger partial charge in [-0.2, -0.15) is 0 Å². The lowest BCUT2D eigenvalue weighted by atomic mass is 10.0. The van der Waals surface area contributed by atoms with Crippen LogP contribution in [0.1, 0.15) is 32.4 Å². The molecule has 0 saturated heterocycles. The number of nitrogens with zero attached hydrogens (tertiary/aromatic N) is 1. The highest BCUT2D eigenvalue weighted by atomic mass is 16.2. The van der Waals surface area contributed by atoms with Crippen molar-refractivity contribution in [2.75, 3.05) is 11.9 Å². The zero-order valence-corrected chi connectivity index (χ0v) is 11.0. The minimum absolute atomic E-state index is 0.169. The molecule has 0 aliphatic carbocycles. The van der Waals surface area contributed by atoms with Crippen molar-refractivity contribution in [1.82, 2.24) is 15.3 Å². The van der Waals surface area contributed by atoms with Crippen LogP contribution in [0.2, 0.25) is 0 Å². The Bertz CT molecular complexity index is 452. The van der Waals surface area contributed by atoms with Crippen LogP contribution in [0.5, 0.6) is 0 Å². The molecule has 0 atom stereocenters. The maximum absolute atomic E-state index is 11.6. The number of carbonyl (C=O) groups is 1. The molecular formula is C12H20N4O2. The summed E-state index contributed by atoms with van der Waals surface area (Å²) in [6, 6.07) is 1.02. The number of aromatic nitrogens is 2. The van der Waals surface area contributed by atoms with Gasteiger partial charge in [0.1, 0.15) is 0 Å². The van der Waals surface area contributed by atoms with Gasteiger partial charge in [-0.3, -0.25) is 15.1 Å². The molecule has 3 N–H and O–H groups in total. The van der Waals surface area contributed by atoms with Crippen LogP contribution in [0.15, 0.2) is 10.9 Å². The van der Waals surface area contributed by atoms with Crippen LogP contribution in [0.3, 0.4) is 0 Å². The molecule has 0 unspecified atom stereocenters. The number of anilines is 1. The largest absolute Gasteiger partial charge is 0.338 e. The zero-order chi connectivity index (χ0) is 13.5. The van der Waals surface area contributed by atoms with E-state index in [1.807, 2.05) is 0 Å². The highest BCUT2D eigenvalue weighted by Gasteiger charge is 2.07. The Morgan fingerprint density at radius 3 is 2.67 bits per heavy atom. The van der Waals surface area contributed by atoms with Gasteiger partial charge in [-0.05, 0) is 12.8 Å². The van der Waals surface area contributed by atoms with Crippen LogP contribution in [0.25, 0.3) is 0 Å². The normalized spacial score (nSPS) is 10.4. The molecule has 0 spiro atoms. The molecule has 1 aromatic heterocycles. The highest BCUT2D eigenvalue weighted by molar-refractivity contribution is 5.87. The van der Waals surface area contributed by atoms with E-state index >= 15 is 0 Å². The number of aromatic amines is 1. The number of nitrogens with one attached hydrogen (secondary N) is 3. The van der Waals surface area contributed by atoms with Gasteiger partial charge in [-0.15, -0.1) is 0 Å². The molecule has 0 aromatic carbocycles. The Morgan fingerprint density at radius 2 is 2.11 bits per heavy atom. The first kappa shape index (κ1) is 14.2. The van der Waals surface area contributed by atoms with Crippen molar-refractivity contribution in [3.8, 4) is 0 Å². The highest BCUT2D eigenvalue weighted by Crippen LogP contribution is 2.05. The second-order valence-electron chi connectivity index (χ2n) is 4.25. The fraction of sp³-hybridized carbons (Fsp3) is 0.583. The Morgan fingerprint density at radius 1 is 1.44 bits per heavy atom. The Labute approximate surface area is 106 Å². The van der Waals surface area contributed by atoms with Crippen LogP contribution in [0.4, 0.5) is 10.7 Å². The molecule has 1 heterocycles. The second kappa shape index (κ2) is 6.78. The van der Waals surface area contributed by atoms with Crippen molar-refractivity contribution in [3.63, 3.8) is 0 Å². The van der Waals surface area contributed by atoms with E-state index in [4.69, 9.17) is 0 Å². The van der Waals surface area contributed by atoms with Gasteiger partial charge in [-0.1, -0.05) is 26.7 Å². The average Bonchev–Trinajstić information content (AvgIpc) is 2.28. The van der Waals surface area contributed by atoms with Crippen molar-refractivity contribution in [2.24, 2.45) is 5.92 Å². The van der Waals surface area contributed by atoms with Crippen LogP contribution >= 0.6 is 0 Å². The van der Waals surface area contributed by atoms with Gasteiger partial charge in [0.25, 0.3) is 5.56 Å². The van der Waals surface area contributed by atoms with E-state index in [9.17, 15) is 9.59 Å². The van der Waals surface area contributed by atoms with Gasteiger partial charge in [-0.25, -0.2) is 9.78 Å². The summed E-state index contributed by atoms with van der Waals surface area (Å²) in [6.45, 7) is 6.50. The summed E-state index contributed by atoms with van der Waals surface area (Å²) in [4.78, 5) is 29.2. The SMILES string of the molecule is CCC(CC)CNC(=O)Nc1nc(C)cc(=O)[nH]1. The van der Waals surface area contributed by atoms with Crippen molar-refractivity contribution >= 4 is 12.0 Å². The maximum atomic E-state index is 11.6. The minimum Gasteiger partial charge on any atom is -0.338 e. The third kappa shape index (κ3) is 4.57. The van der Waals surface area contributed by atoms with E-state index in [2.05, 4.69) is 34.4 Å². The van der Waals surface area contributed by atoms with Crippen molar-refractivity contribution in [1.29, 1.82) is 0 Å². The van der Waals surface area contributed by atoms with Crippen LogP contribution in [-0.2, 0) is 0 Å². The first-order chi connectivity index (χ1) is 8.55. The number of urea groups is 1. The number of rotatable bonds is 5. The average molecular weight is 252 g/mol. The second-order valence-corrected chi connectivity index (χ2v) is 4.25. The van der Waals surface area contributed by atoms with Crippen LogP contribution in [0, 0.1) is 12.8 Å². The monoisotopic (exact) mass is 252 g/mol. The van der Waals surface area contributed by atoms with Crippen LogP contribution < -0.4 is 16.2 Å². The summed E-state index contributed by atoms with van der Waals surface area (Å²) in [5.41, 5.74) is 0.284. The van der Waals surface area contributed by atoms with Crippen molar-refractivity contribution < 1.29 is 4.79 Å². The summed E-state index contributed by atoms with van der Waals surface area (Å²) in [5, 5.41) is 5.27. The van der Waals surface area contributed by atoms with Gasteiger partial charge in [0.15, 0.2) is 0 Å². The number of carbonyl (C=O) groups excluding carboxylic acids is 1. The molecule has 100 valence electrons. The minimum atomic E-state index is -0.351. The first-order valence-corrected chi connectivity index (χ1v) is 6.18. The van der Waals surface area contributed by atoms with E-state index in [0.29, 0.717) is 18.2 Å². The molecule has 0 saturated carbocycles. The van der Waals surface area contributed by atoms with Gasteiger partial charge in [0, 0.05) is 18.3 Å². The summed E-state index contributed by atoms with van der Waals surface area (Å²) in [7, 11) is 0. The third-order valence-corrected chi connectivity index (χ3v) is 2.81. The predicted molar refractivity (Wildman–Crippen MR) is 70.7 cm³/mol. The third-order valence-electron chi connectivity index (χ3n) is 2.81. The summed E-state index contributed by atoms with van der Waals surface area (Å²) < 4.78 is 0. The summed E-state index contributed by atoms with van der Waals surface area (Å²) >= 11 is 0. The molecule has 0 fully saturated rings. The van der Waals surface area contributed by atoms with E-state index < -0.39 is 0 Å². The Kier molecular flexibility index (Phi) is 5.35. The molecule has 1 rings (SSSR count). The fourth-order valence-electron chi connectivity index (χ4n) is 1.60. The lowest BCUT2D eigenvalue weighted by molar-refractivity contribution is 0.249. The molecule has 18 heavy (non-hydrogen) atoms. The number of hydrogen-bond donors (Lipinski definition) is 3. The topological polar surface area (TPSA) is 86.9 Å². The van der Waals surface area contributed by atoms with Crippen molar-refractivity contribution in [3.05, 3.63) is 22.1 Å². The summed E-state index contributed by atoms with van der Waals surface area (Å²) in [6.07, 6.45) is 2.05. The smallest absolute Gasteiger partial charge is 0.321 e. The molecule has 0 radical (unpaired) electrons.